The molecule has 0 heterocycles. The molecule has 2 rings (SSSR count). The van der Waals surface area contributed by atoms with Crippen LogP contribution in [0, 0.1) is 0 Å². The van der Waals surface area contributed by atoms with Gasteiger partial charge in [0.25, 0.3) is 0 Å². The summed E-state index contributed by atoms with van der Waals surface area (Å²) < 4.78 is 0. The number of aliphatic carboxylic acids is 1. The van der Waals surface area contributed by atoms with Crippen LogP contribution >= 0.6 is 0 Å². The second-order valence-corrected chi connectivity index (χ2v) is 8.96. The molecular weight excluding hydrogens is 729 g/mol. The molecule has 0 spiro atoms. The summed E-state index contributed by atoms with van der Waals surface area (Å²) in [6.45, 7) is -0.573. The molecule has 0 saturated heterocycles. The van der Waals surface area contributed by atoms with Gasteiger partial charge in [0.15, 0.2) is 0 Å². The first kappa shape index (κ1) is 37.5. The Morgan fingerprint density at radius 3 is 1.98 bits per heavy atom. The van der Waals surface area contributed by atoms with Crippen LogP contribution < -0.4 is 37.2 Å². The van der Waals surface area contributed by atoms with Gasteiger partial charge < -0.3 is 60.1 Å². The van der Waals surface area contributed by atoms with E-state index in [9.17, 15) is 34.2 Å². The van der Waals surface area contributed by atoms with Gasteiger partial charge in [-0.05, 0) is 17.5 Å². The average Bonchev–Trinajstić information content (AvgIpc) is 2.91. The Bertz CT molecular complexity index is 1140. The van der Waals surface area contributed by atoms with Crippen molar-refractivity contribution in [2.45, 2.75) is 37.4 Å². The van der Waals surface area contributed by atoms with Crippen LogP contribution in [0.4, 0.5) is 0 Å². The van der Waals surface area contributed by atoms with Crippen LogP contribution in [0.5, 0.6) is 5.75 Å². The van der Waals surface area contributed by atoms with E-state index in [0.717, 1.165) is 11.1 Å². The van der Waals surface area contributed by atoms with Gasteiger partial charge in [-0.1, -0.05) is 54.6 Å². The van der Waals surface area contributed by atoms with Crippen molar-refractivity contribution in [1.82, 2.24) is 21.3 Å². The third kappa shape index (κ3) is 14.1. The standard InChI is InChI=1S/C26H33N5O7S.O.Re/c27-19(12-17-6-8-18(32)9-7-17)24(35)28-11-10-22(33)30-20(13-16-4-2-1-3-5-16)25(36)29-14-23(34)31-21(15-39)26(37)38;;/h1-9,19-21,32,39H,10-15,27H2,(H,28,35)(H,29,36)(H,30,33)(H,31,34)(H,37,38);;/q;-2;/p-3/t19-,20-,21-;;/m0../s1. The summed E-state index contributed by atoms with van der Waals surface area (Å²) in [4.78, 5) is 60.5. The van der Waals surface area contributed by atoms with Gasteiger partial charge in [-0.15, -0.1) is 5.75 Å². The summed E-state index contributed by atoms with van der Waals surface area (Å²) >= 11 is 4.65. The molecule has 0 unspecified atom stereocenters. The summed E-state index contributed by atoms with van der Waals surface area (Å²) in [5.74, 6) is -4.45. The minimum Gasteiger partial charge on any atom is -2.00 e. The van der Waals surface area contributed by atoms with E-state index in [1.165, 1.54) is 12.1 Å². The van der Waals surface area contributed by atoms with E-state index >= 15 is 0 Å². The molecule has 13 nitrogen and oxygen atoms in total. The molecule has 0 aliphatic carbocycles. The fourth-order valence-electron chi connectivity index (χ4n) is 3.43. The van der Waals surface area contributed by atoms with Crippen LogP contribution in [-0.4, -0.2) is 66.6 Å². The van der Waals surface area contributed by atoms with Crippen LogP contribution in [0.15, 0.2) is 54.6 Å². The van der Waals surface area contributed by atoms with Crippen LogP contribution in [0.25, 0.3) is 0 Å². The summed E-state index contributed by atoms with van der Waals surface area (Å²) in [6.07, 6.45) is 0.184. The quantitative estimate of drug-likeness (QED) is 0.114. The fourth-order valence-corrected chi connectivity index (χ4v) is 3.65. The van der Waals surface area contributed by atoms with E-state index in [4.69, 9.17) is 5.73 Å². The minimum atomic E-state index is -1.54. The zero-order valence-corrected chi connectivity index (χ0v) is 25.3. The average molecular weight is 759 g/mol. The first-order valence-corrected chi connectivity index (χ1v) is 12.6. The van der Waals surface area contributed by atoms with Gasteiger partial charge in [-0.2, -0.15) is 5.75 Å². The predicted octanol–water partition coefficient (Wildman–Crippen LogP) is -3.36. The van der Waals surface area contributed by atoms with Crippen LogP contribution in [0.3, 0.4) is 0 Å². The molecule has 15 heteroatoms. The Hall–Kier alpha value is -3.48. The zero-order valence-electron chi connectivity index (χ0n) is 21.8. The number of amides is 4. The van der Waals surface area contributed by atoms with E-state index in [1.54, 1.807) is 42.5 Å². The van der Waals surface area contributed by atoms with E-state index < -0.39 is 54.3 Å². The van der Waals surface area contributed by atoms with Gasteiger partial charge >= 0.3 is 0 Å². The molecular formula is C26H30N5O8ReS-5. The number of hydrogen-bond acceptors (Lipinski definition) is 9. The maximum atomic E-state index is 12.8. The number of nitrogens with one attached hydrogen (secondary N) is 4. The Balaban J connectivity index is 0.00000800. The molecule has 2 aromatic rings. The predicted molar refractivity (Wildman–Crippen MR) is 140 cm³/mol. The molecule has 0 aromatic heterocycles. The van der Waals surface area contributed by atoms with Crippen molar-refractivity contribution in [3.63, 3.8) is 0 Å². The number of carbonyl (C=O) groups excluding carboxylic acids is 5. The summed E-state index contributed by atoms with van der Waals surface area (Å²) in [5.41, 5.74) is 7.37. The van der Waals surface area contributed by atoms with E-state index in [-0.39, 0.29) is 63.2 Å². The zero-order chi connectivity index (χ0) is 28.8. The largest absolute Gasteiger partial charge is 2.00 e. The van der Waals surface area contributed by atoms with Crippen LogP contribution in [0.2, 0.25) is 0 Å². The van der Waals surface area contributed by atoms with Crippen LogP contribution in [0.1, 0.15) is 17.5 Å². The molecule has 41 heavy (non-hydrogen) atoms. The van der Waals surface area contributed by atoms with Crippen molar-refractivity contribution in [1.29, 1.82) is 0 Å². The first-order chi connectivity index (χ1) is 18.6. The summed E-state index contributed by atoms with van der Waals surface area (Å²) in [6, 6.07) is 11.5. The third-order valence-electron chi connectivity index (χ3n) is 5.51. The number of carbonyl (C=O) groups is 5. The maximum absolute atomic E-state index is 12.8. The van der Waals surface area contributed by atoms with Crippen molar-refractivity contribution in [2.24, 2.45) is 5.73 Å². The Kier molecular flexibility index (Phi) is 17.9. The normalized spacial score (nSPS) is 12.2. The van der Waals surface area contributed by atoms with Crippen LogP contribution in [-0.2, 0) is 75.3 Å². The molecule has 4 amide bonds. The SMILES string of the molecule is N[C@@H](Cc1ccc([O-])cc1)C(=O)NCCC(=O)N[C@@H](Cc1ccccc1)C(=O)NCC(=O)N[C@@H](C[S-])C(=O)[O-].[O-2].[Re]. The number of carboxylic acids is 1. The van der Waals surface area contributed by atoms with E-state index in [2.05, 4.69) is 33.9 Å². The van der Waals surface area contributed by atoms with E-state index in [1.807, 2.05) is 0 Å². The fraction of sp³-hybridized carbons (Fsp3) is 0.346. The van der Waals surface area contributed by atoms with Crippen molar-refractivity contribution in [3.05, 3.63) is 65.7 Å². The monoisotopic (exact) mass is 759 g/mol. The first-order valence-electron chi connectivity index (χ1n) is 12.1. The topological polar surface area (TPSA) is 234 Å². The molecule has 0 fully saturated rings. The van der Waals surface area contributed by atoms with Gasteiger partial charge in [0.05, 0.1) is 18.6 Å². The van der Waals surface area contributed by atoms with Gasteiger partial charge in [0.1, 0.15) is 6.04 Å². The van der Waals surface area contributed by atoms with Gasteiger partial charge in [0.2, 0.25) is 23.6 Å². The number of hydrogen-bond donors (Lipinski definition) is 5. The Labute approximate surface area is 256 Å². The van der Waals surface area contributed by atoms with Crippen molar-refractivity contribution < 1.29 is 60.1 Å². The smallest absolute Gasteiger partial charge is 0.243 e. The molecule has 3 atom stereocenters. The molecule has 1 radical (unpaired) electrons. The number of benzene rings is 2. The van der Waals surface area contributed by atoms with Crippen molar-refractivity contribution >= 4 is 42.2 Å². The van der Waals surface area contributed by atoms with Gasteiger partial charge in [0, 0.05) is 45.9 Å². The number of rotatable bonds is 15. The van der Waals surface area contributed by atoms with Crippen molar-refractivity contribution in [2.75, 3.05) is 18.8 Å². The molecule has 225 valence electrons. The van der Waals surface area contributed by atoms with E-state index in [0.29, 0.717) is 0 Å². The maximum Gasteiger partial charge on any atom is 0.243 e. The Morgan fingerprint density at radius 1 is 0.805 bits per heavy atom. The molecule has 0 saturated carbocycles. The summed E-state index contributed by atoms with van der Waals surface area (Å²) in [5, 5.41) is 31.8. The minimum absolute atomic E-state index is 0. The molecule has 2 aromatic carbocycles. The van der Waals surface area contributed by atoms with Gasteiger partial charge in [-0.25, -0.2) is 0 Å². The summed E-state index contributed by atoms with van der Waals surface area (Å²) in [7, 11) is 0. The second-order valence-electron chi connectivity index (χ2n) is 8.63. The molecule has 0 aliphatic heterocycles. The number of nitrogens with two attached hydrogens (primary N) is 1. The molecule has 0 bridgehead atoms. The van der Waals surface area contributed by atoms with Crippen molar-refractivity contribution in [3.8, 4) is 5.75 Å². The second kappa shape index (κ2) is 19.6. The van der Waals surface area contributed by atoms with Gasteiger partial charge in [-0.3, -0.25) is 19.2 Å². The Morgan fingerprint density at radius 2 is 1.39 bits per heavy atom. The number of carboxylic acid groups (broad SMARTS) is 1. The molecule has 0 aliphatic rings. The third-order valence-corrected chi connectivity index (χ3v) is 5.84. The molecule has 6 N–H and O–H groups in total.